The number of rotatable bonds is 2. The van der Waals surface area contributed by atoms with Gasteiger partial charge in [0.2, 0.25) is 0 Å². The molecule has 2 rings (SSSR count). The Hall–Kier alpha value is -1.76. The quantitative estimate of drug-likeness (QED) is 0.786. The fourth-order valence-corrected chi connectivity index (χ4v) is 2.24. The van der Waals surface area contributed by atoms with E-state index in [1.807, 2.05) is 0 Å². The molecule has 116 valence electrons. The highest BCUT2D eigenvalue weighted by molar-refractivity contribution is 5.89. The molecule has 1 aromatic carbocycles. The molecular formula is C14H18F3N3O. The lowest BCUT2D eigenvalue weighted by atomic mass is 10.1. The molecule has 7 heteroatoms. The van der Waals surface area contributed by atoms with E-state index in [-0.39, 0.29) is 6.04 Å². The Bertz CT molecular complexity index is 465. The van der Waals surface area contributed by atoms with E-state index < -0.39 is 17.8 Å². The topological polar surface area (TPSA) is 53.2 Å². The third kappa shape index (κ3) is 4.93. The van der Waals surface area contributed by atoms with E-state index in [9.17, 15) is 18.0 Å². The van der Waals surface area contributed by atoms with Crippen molar-refractivity contribution in [1.82, 2.24) is 10.6 Å². The van der Waals surface area contributed by atoms with Crippen LogP contribution in [-0.2, 0) is 6.18 Å². The van der Waals surface area contributed by atoms with E-state index in [1.54, 1.807) is 0 Å². The number of halogens is 3. The highest BCUT2D eigenvalue weighted by Crippen LogP contribution is 2.29. The molecule has 1 fully saturated rings. The molecule has 0 aromatic heterocycles. The first-order valence-corrected chi connectivity index (χ1v) is 6.90. The Kier molecular flexibility index (Phi) is 5.06. The van der Waals surface area contributed by atoms with Crippen molar-refractivity contribution in [2.24, 2.45) is 0 Å². The lowest BCUT2D eigenvalue weighted by Gasteiger charge is -2.17. The van der Waals surface area contributed by atoms with Crippen LogP contribution in [-0.4, -0.2) is 25.2 Å². The summed E-state index contributed by atoms with van der Waals surface area (Å²) in [6.07, 6.45) is -1.35. The highest BCUT2D eigenvalue weighted by atomic mass is 19.4. The van der Waals surface area contributed by atoms with Gasteiger partial charge in [0, 0.05) is 18.3 Å². The molecule has 0 saturated carbocycles. The van der Waals surface area contributed by atoms with Gasteiger partial charge < -0.3 is 16.0 Å². The van der Waals surface area contributed by atoms with Crippen molar-refractivity contribution in [3.63, 3.8) is 0 Å². The molecule has 3 N–H and O–H groups in total. The fourth-order valence-electron chi connectivity index (χ4n) is 2.24. The molecular weight excluding hydrogens is 283 g/mol. The van der Waals surface area contributed by atoms with Crippen LogP contribution in [0.2, 0.25) is 0 Å². The monoisotopic (exact) mass is 301 g/mol. The van der Waals surface area contributed by atoms with Crippen LogP contribution >= 0.6 is 0 Å². The Morgan fingerprint density at radius 2 is 1.90 bits per heavy atom. The van der Waals surface area contributed by atoms with E-state index in [2.05, 4.69) is 16.0 Å². The van der Waals surface area contributed by atoms with Crippen molar-refractivity contribution in [2.45, 2.75) is 31.5 Å². The van der Waals surface area contributed by atoms with E-state index in [4.69, 9.17) is 0 Å². The van der Waals surface area contributed by atoms with Gasteiger partial charge in [0.25, 0.3) is 0 Å². The molecule has 4 nitrogen and oxygen atoms in total. The van der Waals surface area contributed by atoms with Gasteiger partial charge in [0.05, 0.1) is 5.56 Å². The molecule has 1 aromatic rings. The maximum absolute atomic E-state index is 12.4. The van der Waals surface area contributed by atoms with Crippen molar-refractivity contribution < 1.29 is 18.0 Å². The van der Waals surface area contributed by atoms with E-state index >= 15 is 0 Å². The van der Waals surface area contributed by atoms with Gasteiger partial charge in [-0.25, -0.2) is 4.79 Å². The predicted octanol–water partition coefficient (Wildman–Crippen LogP) is 2.97. The first kappa shape index (κ1) is 15.6. The number of alkyl halides is 3. The number of carbonyl (C=O) groups is 1. The highest BCUT2D eigenvalue weighted by Gasteiger charge is 2.30. The molecule has 0 spiro atoms. The molecule has 1 aliphatic heterocycles. The number of anilines is 1. The predicted molar refractivity (Wildman–Crippen MR) is 74.1 cm³/mol. The summed E-state index contributed by atoms with van der Waals surface area (Å²) in [5.74, 6) is 0. The summed E-state index contributed by atoms with van der Waals surface area (Å²) in [6.45, 7) is 1.65. The first-order valence-electron chi connectivity index (χ1n) is 6.90. The minimum atomic E-state index is -4.37. The van der Waals surface area contributed by atoms with Crippen LogP contribution in [0.4, 0.5) is 23.7 Å². The largest absolute Gasteiger partial charge is 0.416 e. The van der Waals surface area contributed by atoms with Gasteiger partial charge in [-0.2, -0.15) is 13.2 Å². The second-order valence-electron chi connectivity index (χ2n) is 5.07. The summed E-state index contributed by atoms with van der Waals surface area (Å²) >= 11 is 0. The fraction of sp³-hybridized carbons (Fsp3) is 0.500. The van der Waals surface area contributed by atoms with E-state index in [1.165, 1.54) is 12.1 Å². The Labute approximate surface area is 121 Å². The molecule has 1 unspecified atom stereocenters. The minimum absolute atomic E-state index is 0.0435. The normalized spacial score (nSPS) is 19.7. The van der Waals surface area contributed by atoms with Crippen LogP contribution in [0.3, 0.4) is 0 Å². The zero-order chi connectivity index (χ0) is 15.3. The number of urea groups is 1. The van der Waals surface area contributed by atoms with Crippen LogP contribution in [0.5, 0.6) is 0 Å². The Morgan fingerprint density at radius 1 is 1.19 bits per heavy atom. The first-order chi connectivity index (χ1) is 9.95. The summed E-state index contributed by atoms with van der Waals surface area (Å²) in [7, 11) is 0. The molecule has 0 aliphatic carbocycles. The van der Waals surface area contributed by atoms with Crippen LogP contribution < -0.4 is 16.0 Å². The number of carbonyl (C=O) groups excluding carboxylic acids is 1. The smallest absolute Gasteiger partial charge is 0.334 e. The van der Waals surface area contributed by atoms with Gasteiger partial charge in [-0.05, 0) is 43.7 Å². The molecule has 0 radical (unpaired) electrons. The van der Waals surface area contributed by atoms with Crippen molar-refractivity contribution in [1.29, 1.82) is 0 Å². The number of hydrogen-bond acceptors (Lipinski definition) is 2. The zero-order valence-corrected chi connectivity index (χ0v) is 11.5. The summed E-state index contributed by atoms with van der Waals surface area (Å²) < 4.78 is 37.3. The maximum atomic E-state index is 12.4. The number of benzene rings is 1. The van der Waals surface area contributed by atoms with Gasteiger partial charge in [-0.15, -0.1) is 0 Å². The van der Waals surface area contributed by atoms with Gasteiger partial charge in [-0.1, -0.05) is 6.42 Å². The van der Waals surface area contributed by atoms with Crippen LogP contribution in [0.25, 0.3) is 0 Å². The summed E-state index contributed by atoms with van der Waals surface area (Å²) in [5.41, 5.74) is -0.400. The standard InChI is InChI=1S/C14H18F3N3O/c15-14(16,17)10-4-6-11(7-5-10)19-13(21)20-12-3-1-2-8-18-9-12/h4-7,12,18H,1-3,8-9H2,(H2,19,20,21). The zero-order valence-electron chi connectivity index (χ0n) is 11.5. The average molecular weight is 301 g/mol. The Balaban J connectivity index is 1.87. The molecule has 0 bridgehead atoms. The van der Waals surface area contributed by atoms with Crippen LogP contribution in [0.1, 0.15) is 24.8 Å². The summed E-state index contributed by atoms with van der Waals surface area (Å²) in [5, 5.41) is 8.58. The molecule has 1 heterocycles. The summed E-state index contributed by atoms with van der Waals surface area (Å²) in [4.78, 5) is 11.8. The second kappa shape index (κ2) is 6.80. The van der Waals surface area contributed by atoms with Crippen LogP contribution in [0, 0.1) is 0 Å². The van der Waals surface area contributed by atoms with Crippen molar-refractivity contribution in [2.75, 3.05) is 18.4 Å². The van der Waals surface area contributed by atoms with Gasteiger partial charge in [0.1, 0.15) is 0 Å². The minimum Gasteiger partial charge on any atom is -0.334 e. The van der Waals surface area contributed by atoms with Crippen molar-refractivity contribution >= 4 is 11.7 Å². The van der Waals surface area contributed by atoms with Crippen molar-refractivity contribution in [3.8, 4) is 0 Å². The number of amides is 2. The summed E-state index contributed by atoms with van der Waals surface area (Å²) in [6, 6.07) is 4.03. The third-order valence-electron chi connectivity index (χ3n) is 3.35. The molecule has 1 saturated heterocycles. The molecule has 1 atom stereocenters. The van der Waals surface area contributed by atoms with Crippen LogP contribution in [0.15, 0.2) is 24.3 Å². The molecule has 2 amide bonds. The van der Waals surface area contributed by atoms with Crippen molar-refractivity contribution in [3.05, 3.63) is 29.8 Å². The molecule has 1 aliphatic rings. The van der Waals surface area contributed by atoms with Gasteiger partial charge >= 0.3 is 12.2 Å². The molecule has 21 heavy (non-hydrogen) atoms. The van der Waals surface area contributed by atoms with Gasteiger partial charge in [-0.3, -0.25) is 0 Å². The average Bonchev–Trinajstić information content (AvgIpc) is 2.67. The SMILES string of the molecule is O=C(Nc1ccc(C(F)(F)F)cc1)NC1CCCCNC1. The number of nitrogens with one attached hydrogen (secondary N) is 3. The van der Waals surface area contributed by atoms with E-state index in [0.717, 1.165) is 37.9 Å². The van der Waals surface area contributed by atoms with Gasteiger partial charge in [0.15, 0.2) is 0 Å². The van der Waals surface area contributed by atoms with E-state index in [0.29, 0.717) is 12.2 Å². The lowest BCUT2D eigenvalue weighted by molar-refractivity contribution is -0.137. The maximum Gasteiger partial charge on any atom is 0.416 e. The third-order valence-corrected chi connectivity index (χ3v) is 3.35. The second-order valence-corrected chi connectivity index (χ2v) is 5.07. The number of hydrogen-bond donors (Lipinski definition) is 3. The lowest BCUT2D eigenvalue weighted by Crippen LogP contribution is -2.42. The Morgan fingerprint density at radius 3 is 2.57 bits per heavy atom.